The van der Waals surface area contributed by atoms with E-state index >= 15 is 0 Å². The van der Waals surface area contributed by atoms with Crippen LogP contribution in [0.5, 0.6) is 0 Å². The summed E-state index contributed by atoms with van der Waals surface area (Å²) < 4.78 is 0. The van der Waals surface area contributed by atoms with Gasteiger partial charge in [0.25, 0.3) is 5.91 Å². The number of nitrogens with one attached hydrogen (secondary N) is 2. The van der Waals surface area contributed by atoms with Gasteiger partial charge < -0.3 is 5.73 Å². The molecule has 8 heteroatoms. The van der Waals surface area contributed by atoms with Crippen LogP contribution in [0, 0.1) is 23.7 Å². The second-order valence-corrected chi connectivity index (χ2v) is 7.71. The molecule has 0 bridgehead atoms. The zero-order chi connectivity index (χ0) is 20.4. The first-order valence-electron chi connectivity index (χ1n) is 9.36. The molecule has 0 aliphatic heterocycles. The van der Waals surface area contributed by atoms with Crippen molar-refractivity contribution in [3.05, 3.63) is 0 Å². The van der Waals surface area contributed by atoms with Crippen LogP contribution >= 0.6 is 0 Å². The third-order valence-electron chi connectivity index (χ3n) is 4.04. The number of hydrogen-bond acceptors (Lipinski definition) is 5. The summed E-state index contributed by atoms with van der Waals surface area (Å²) in [6.45, 7) is 11.6. The SMILES string of the molecule is CCCC(C(=O)NO)[C@@H](CC(C)C)C(=O)NN(CC(C)C)C(=O)[C@@H](C)N. The van der Waals surface area contributed by atoms with E-state index in [4.69, 9.17) is 10.9 Å². The van der Waals surface area contributed by atoms with Gasteiger partial charge in [0.15, 0.2) is 0 Å². The Morgan fingerprint density at radius 3 is 1.96 bits per heavy atom. The summed E-state index contributed by atoms with van der Waals surface area (Å²) >= 11 is 0. The second kappa shape index (κ2) is 11.9. The highest BCUT2D eigenvalue weighted by Crippen LogP contribution is 2.25. The van der Waals surface area contributed by atoms with Crippen molar-refractivity contribution in [3.8, 4) is 0 Å². The number of nitrogens with two attached hydrogens (primary N) is 1. The van der Waals surface area contributed by atoms with E-state index in [0.717, 1.165) is 0 Å². The van der Waals surface area contributed by atoms with Crippen LogP contribution in [-0.4, -0.2) is 40.5 Å². The van der Waals surface area contributed by atoms with Crippen LogP contribution in [0.3, 0.4) is 0 Å². The molecule has 0 spiro atoms. The fraction of sp³-hybridized carbons (Fsp3) is 0.833. The van der Waals surface area contributed by atoms with Gasteiger partial charge in [-0.25, -0.2) is 5.48 Å². The number of nitrogens with zero attached hydrogens (tertiary/aromatic N) is 1. The number of rotatable bonds is 10. The Labute approximate surface area is 156 Å². The van der Waals surface area contributed by atoms with Crippen molar-refractivity contribution in [2.24, 2.45) is 29.4 Å². The van der Waals surface area contributed by atoms with Gasteiger partial charge >= 0.3 is 0 Å². The average molecular weight is 373 g/mol. The molecule has 8 nitrogen and oxygen atoms in total. The standard InChI is InChI=1S/C18H36N4O4/c1-7-8-14(17(24)21-26)15(9-11(2)3)16(23)20-22(10-12(4)5)18(25)13(6)19/h11-15,26H,7-10,19H2,1-6H3,(H,20,23)(H,21,24)/t13-,14?,15-/m1/s1. The maximum Gasteiger partial charge on any atom is 0.257 e. The van der Waals surface area contributed by atoms with Crippen molar-refractivity contribution < 1.29 is 19.6 Å². The van der Waals surface area contributed by atoms with Crippen LogP contribution in [0.25, 0.3) is 0 Å². The molecule has 1 unspecified atom stereocenters. The average Bonchev–Trinajstić information content (AvgIpc) is 2.55. The van der Waals surface area contributed by atoms with Crippen LogP contribution in [0.2, 0.25) is 0 Å². The van der Waals surface area contributed by atoms with Gasteiger partial charge in [-0.2, -0.15) is 0 Å². The summed E-state index contributed by atoms with van der Waals surface area (Å²) in [5, 5.41) is 10.3. The Bertz CT molecular complexity index is 466. The monoisotopic (exact) mass is 372 g/mol. The smallest absolute Gasteiger partial charge is 0.257 e. The molecule has 0 aliphatic rings. The lowest BCUT2D eigenvalue weighted by atomic mass is 9.81. The largest absolute Gasteiger partial charge is 0.320 e. The van der Waals surface area contributed by atoms with Gasteiger partial charge in [-0.05, 0) is 31.6 Å². The van der Waals surface area contributed by atoms with E-state index in [2.05, 4.69) is 5.43 Å². The van der Waals surface area contributed by atoms with Crippen LogP contribution in [-0.2, 0) is 14.4 Å². The van der Waals surface area contributed by atoms with Gasteiger partial charge in [0.2, 0.25) is 11.8 Å². The molecule has 0 saturated heterocycles. The van der Waals surface area contributed by atoms with Gasteiger partial charge in [-0.1, -0.05) is 41.0 Å². The molecule has 0 aromatic carbocycles. The van der Waals surface area contributed by atoms with Crippen LogP contribution < -0.4 is 16.6 Å². The summed E-state index contributed by atoms with van der Waals surface area (Å²) in [7, 11) is 0. The zero-order valence-electron chi connectivity index (χ0n) is 16.9. The molecular formula is C18H36N4O4. The maximum absolute atomic E-state index is 12.9. The minimum absolute atomic E-state index is 0.133. The van der Waals surface area contributed by atoms with Crippen molar-refractivity contribution in [1.82, 2.24) is 15.9 Å². The molecule has 0 heterocycles. The van der Waals surface area contributed by atoms with Crippen LogP contribution in [0.1, 0.15) is 60.8 Å². The molecule has 0 aromatic rings. The van der Waals surface area contributed by atoms with Crippen LogP contribution in [0.15, 0.2) is 0 Å². The fourth-order valence-corrected chi connectivity index (χ4v) is 2.89. The van der Waals surface area contributed by atoms with E-state index in [1.54, 1.807) is 12.4 Å². The molecule has 3 atom stereocenters. The molecular weight excluding hydrogens is 336 g/mol. The van der Waals surface area contributed by atoms with E-state index < -0.39 is 29.7 Å². The molecule has 26 heavy (non-hydrogen) atoms. The highest BCUT2D eigenvalue weighted by Gasteiger charge is 2.35. The first kappa shape index (κ1) is 24.3. The molecule has 0 saturated carbocycles. The molecule has 0 fully saturated rings. The van der Waals surface area contributed by atoms with Gasteiger partial charge in [0.1, 0.15) is 0 Å². The van der Waals surface area contributed by atoms with Crippen molar-refractivity contribution in [2.75, 3.05) is 6.54 Å². The third-order valence-corrected chi connectivity index (χ3v) is 4.04. The molecule has 0 aromatic heterocycles. The normalized spacial score (nSPS) is 14.7. The molecule has 3 amide bonds. The van der Waals surface area contributed by atoms with Crippen molar-refractivity contribution >= 4 is 17.7 Å². The van der Waals surface area contributed by atoms with Gasteiger partial charge in [-0.3, -0.25) is 30.0 Å². The number of hydrogen-bond donors (Lipinski definition) is 4. The van der Waals surface area contributed by atoms with Crippen LogP contribution in [0.4, 0.5) is 0 Å². The number of hydroxylamine groups is 1. The number of hydrazine groups is 1. The van der Waals surface area contributed by atoms with E-state index in [1.807, 2.05) is 34.6 Å². The maximum atomic E-state index is 12.9. The number of carbonyl (C=O) groups excluding carboxylic acids is 3. The molecule has 0 rings (SSSR count). The lowest BCUT2D eigenvalue weighted by Gasteiger charge is -2.31. The lowest BCUT2D eigenvalue weighted by molar-refractivity contribution is -0.148. The highest BCUT2D eigenvalue weighted by molar-refractivity contribution is 5.89. The summed E-state index contributed by atoms with van der Waals surface area (Å²) in [4.78, 5) is 37.3. The minimum Gasteiger partial charge on any atom is -0.320 e. The molecule has 0 radical (unpaired) electrons. The zero-order valence-corrected chi connectivity index (χ0v) is 16.9. The Kier molecular flexibility index (Phi) is 11.1. The Hall–Kier alpha value is -1.67. The first-order valence-corrected chi connectivity index (χ1v) is 9.36. The summed E-state index contributed by atoms with van der Waals surface area (Å²) in [6.07, 6.45) is 1.61. The molecule has 0 aliphatic carbocycles. The van der Waals surface area contributed by atoms with E-state index in [0.29, 0.717) is 25.8 Å². The lowest BCUT2D eigenvalue weighted by Crippen LogP contribution is -2.55. The minimum atomic E-state index is -0.746. The molecule has 152 valence electrons. The van der Waals surface area contributed by atoms with Crippen molar-refractivity contribution in [1.29, 1.82) is 0 Å². The van der Waals surface area contributed by atoms with E-state index in [-0.39, 0.29) is 17.7 Å². The predicted molar refractivity (Wildman–Crippen MR) is 99.6 cm³/mol. The van der Waals surface area contributed by atoms with Crippen molar-refractivity contribution in [2.45, 2.75) is 66.8 Å². The quantitative estimate of drug-likeness (QED) is 0.341. The summed E-state index contributed by atoms with van der Waals surface area (Å²) in [6, 6.07) is -0.746. The Morgan fingerprint density at radius 2 is 1.58 bits per heavy atom. The van der Waals surface area contributed by atoms with Gasteiger partial charge in [-0.15, -0.1) is 0 Å². The third kappa shape index (κ3) is 8.14. The van der Waals surface area contributed by atoms with E-state index in [1.165, 1.54) is 5.01 Å². The van der Waals surface area contributed by atoms with Gasteiger partial charge in [0.05, 0.1) is 17.9 Å². The second-order valence-electron chi connectivity index (χ2n) is 7.71. The fourth-order valence-electron chi connectivity index (χ4n) is 2.89. The first-order chi connectivity index (χ1) is 12.0. The Balaban J connectivity index is 5.53. The Morgan fingerprint density at radius 1 is 1.00 bits per heavy atom. The van der Waals surface area contributed by atoms with Crippen molar-refractivity contribution in [3.63, 3.8) is 0 Å². The topological polar surface area (TPSA) is 125 Å². The summed E-state index contributed by atoms with van der Waals surface area (Å²) in [5.41, 5.74) is 10.0. The predicted octanol–water partition coefficient (Wildman–Crippen LogP) is 1.43. The summed E-state index contributed by atoms with van der Waals surface area (Å²) in [5.74, 6) is -2.39. The highest BCUT2D eigenvalue weighted by atomic mass is 16.5. The van der Waals surface area contributed by atoms with E-state index in [9.17, 15) is 14.4 Å². The molecule has 5 N–H and O–H groups in total. The van der Waals surface area contributed by atoms with Gasteiger partial charge in [0, 0.05) is 6.54 Å². The number of carbonyl (C=O) groups is 3. The number of amides is 3.